The summed E-state index contributed by atoms with van der Waals surface area (Å²) in [5.41, 5.74) is 1.65. The van der Waals surface area contributed by atoms with Crippen molar-refractivity contribution in [2.75, 3.05) is 32.3 Å². The molecule has 36 heavy (non-hydrogen) atoms. The van der Waals surface area contributed by atoms with Gasteiger partial charge in [-0.2, -0.15) is 0 Å². The fraction of sp³-hybridized carbons (Fsp3) is 0.536. The second-order valence-corrected chi connectivity index (χ2v) is 12.3. The van der Waals surface area contributed by atoms with E-state index in [0.29, 0.717) is 51.1 Å². The zero-order chi connectivity index (χ0) is 26.3. The molecule has 2 aromatic rings. The smallest absolute Gasteiger partial charge is 0.407 e. The van der Waals surface area contributed by atoms with Gasteiger partial charge in [-0.3, -0.25) is 4.57 Å². The molecule has 0 aliphatic rings. The van der Waals surface area contributed by atoms with Gasteiger partial charge in [0.15, 0.2) is 6.35 Å². The molecule has 0 spiro atoms. The number of unbranched alkanes of at least 4 members (excludes halogenated alkanes) is 1. The first-order valence-corrected chi connectivity index (χ1v) is 14.7. The van der Waals surface area contributed by atoms with E-state index in [-0.39, 0.29) is 6.35 Å². The van der Waals surface area contributed by atoms with Crippen molar-refractivity contribution < 1.29 is 28.1 Å². The van der Waals surface area contributed by atoms with Crippen LogP contribution < -0.4 is 10.1 Å². The average Bonchev–Trinajstić information content (AvgIpc) is 2.83. The number of carbonyl (C=O) groups is 1. The zero-order valence-electron chi connectivity index (χ0n) is 22.2. The topological polar surface area (TPSA) is 83.1 Å². The molecule has 0 aliphatic carbocycles. The first-order valence-electron chi connectivity index (χ1n) is 12.7. The molecule has 8 heteroatoms. The van der Waals surface area contributed by atoms with Crippen molar-refractivity contribution in [1.82, 2.24) is 5.32 Å². The maximum atomic E-state index is 13.4. The fourth-order valence-corrected chi connectivity index (χ4v) is 5.01. The molecule has 1 atom stereocenters. The predicted molar refractivity (Wildman–Crippen MR) is 144 cm³/mol. The minimum Gasteiger partial charge on any atom is -0.484 e. The number of nitrogens with one attached hydrogen (secondary N) is 1. The molecular weight excluding hydrogens is 477 g/mol. The summed E-state index contributed by atoms with van der Waals surface area (Å²) in [4.78, 5) is 11.8. The predicted octanol–water partition coefficient (Wildman–Crippen LogP) is 6.79. The first-order chi connectivity index (χ1) is 17.2. The molecule has 0 fully saturated rings. The number of amides is 1. The Bertz CT molecular complexity index is 927. The summed E-state index contributed by atoms with van der Waals surface area (Å²) in [7, 11) is -2.95. The van der Waals surface area contributed by atoms with E-state index >= 15 is 0 Å². The fourth-order valence-electron chi connectivity index (χ4n) is 3.26. The Morgan fingerprint density at radius 2 is 1.67 bits per heavy atom. The van der Waals surface area contributed by atoms with E-state index in [2.05, 4.69) is 12.2 Å². The summed E-state index contributed by atoms with van der Waals surface area (Å²) in [5, 5.41) is 2.75. The van der Waals surface area contributed by atoms with Crippen molar-refractivity contribution in [1.29, 1.82) is 0 Å². The van der Waals surface area contributed by atoms with Crippen LogP contribution in [0.4, 0.5) is 4.79 Å². The second-order valence-electron chi connectivity index (χ2n) is 9.71. The third-order valence-corrected chi connectivity index (χ3v) is 7.33. The van der Waals surface area contributed by atoms with Crippen LogP contribution in [0.15, 0.2) is 54.6 Å². The monoisotopic (exact) mass is 519 g/mol. The van der Waals surface area contributed by atoms with Gasteiger partial charge in [-0.1, -0.05) is 55.8 Å². The molecule has 2 aromatic carbocycles. The number of rotatable bonds is 16. The van der Waals surface area contributed by atoms with Gasteiger partial charge in [0.25, 0.3) is 0 Å². The quantitative estimate of drug-likeness (QED) is 0.194. The van der Waals surface area contributed by atoms with E-state index < -0.39 is 19.1 Å². The average molecular weight is 520 g/mol. The number of hydrogen-bond acceptors (Lipinski definition) is 6. The molecule has 0 aliphatic heterocycles. The van der Waals surface area contributed by atoms with Gasteiger partial charge in [0, 0.05) is 19.3 Å². The molecule has 200 valence electrons. The van der Waals surface area contributed by atoms with Crippen molar-refractivity contribution in [3.63, 3.8) is 0 Å². The Labute approximate surface area is 216 Å². The molecule has 1 unspecified atom stereocenters. The van der Waals surface area contributed by atoms with Gasteiger partial charge < -0.3 is 24.1 Å². The number of carbonyl (C=O) groups excluding carboxylic acids is 1. The summed E-state index contributed by atoms with van der Waals surface area (Å²) in [5.74, 6) is 0.637. The summed E-state index contributed by atoms with van der Waals surface area (Å²) in [6.45, 7) is 9.57. The van der Waals surface area contributed by atoms with Gasteiger partial charge in [0.1, 0.15) is 11.4 Å². The van der Waals surface area contributed by atoms with Gasteiger partial charge >= 0.3 is 6.09 Å². The van der Waals surface area contributed by atoms with E-state index in [1.165, 1.54) is 0 Å². The lowest BCUT2D eigenvalue weighted by molar-refractivity contribution is 0.0528. The molecule has 1 N–H and O–H groups in total. The standard InChI is InChI=1S/C28H42NO6P/c1-5-6-20-34-36(31,21-10-19-32-22-25-11-8-7-9-12-25)23-33-26-15-13-24(14-16-26)17-18-29-27(30)35-28(2,3)4/h7-9,11-16H,5-6,10,17-23H2,1-4H3,(H,29,30). The summed E-state index contributed by atoms with van der Waals surface area (Å²) in [6.07, 6.45) is 3.18. The molecular formula is C28H42NO6P. The number of alkyl carbamates (subject to hydrolysis) is 1. The van der Waals surface area contributed by atoms with E-state index in [0.717, 1.165) is 24.0 Å². The van der Waals surface area contributed by atoms with Crippen LogP contribution in [0, 0.1) is 0 Å². The first kappa shape index (κ1) is 29.9. The molecule has 0 saturated heterocycles. The molecule has 0 saturated carbocycles. The number of hydrogen-bond donors (Lipinski definition) is 1. The highest BCUT2D eigenvalue weighted by Gasteiger charge is 2.24. The van der Waals surface area contributed by atoms with Crippen molar-refractivity contribution in [2.24, 2.45) is 0 Å². The minimum absolute atomic E-state index is 0.0367. The highest BCUT2D eigenvalue weighted by molar-refractivity contribution is 7.58. The van der Waals surface area contributed by atoms with Crippen LogP contribution in [-0.4, -0.2) is 44.0 Å². The summed E-state index contributed by atoms with van der Waals surface area (Å²) < 4.78 is 36.1. The Morgan fingerprint density at radius 1 is 0.944 bits per heavy atom. The van der Waals surface area contributed by atoms with E-state index in [1.807, 2.05) is 75.4 Å². The Kier molecular flexibility index (Phi) is 13.0. The second kappa shape index (κ2) is 15.7. The molecule has 0 radical (unpaired) electrons. The van der Waals surface area contributed by atoms with Crippen molar-refractivity contribution in [3.8, 4) is 5.75 Å². The number of benzene rings is 2. The zero-order valence-corrected chi connectivity index (χ0v) is 23.1. The van der Waals surface area contributed by atoms with Gasteiger partial charge in [-0.15, -0.1) is 0 Å². The van der Waals surface area contributed by atoms with E-state index in [9.17, 15) is 9.36 Å². The molecule has 2 rings (SSSR count). The molecule has 0 bridgehead atoms. The van der Waals surface area contributed by atoms with Crippen molar-refractivity contribution in [3.05, 3.63) is 65.7 Å². The van der Waals surface area contributed by atoms with Crippen LogP contribution >= 0.6 is 7.37 Å². The molecule has 0 aromatic heterocycles. The Morgan fingerprint density at radius 3 is 2.33 bits per heavy atom. The SMILES string of the molecule is CCCCOP(=O)(CCCOCc1ccccc1)COc1ccc(CCNC(=O)OC(C)(C)C)cc1. The third-order valence-electron chi connectivity index (χ3n) is 5.16. The lowest BCUT2D eigenvalue weighted by atomic mass is 10.1. The Hall–Kier alpha value is -2.34. The molecule has 1 amide bonds. The number of ether oxygens (including phenoxy) is 3. The van der Waals surface area contributed by atoms with Gasteiger partial charge in [-0.05, 0) is 63.3 Å². The van der Waals surface area contributed by atoms with E-state index in [4.69, 9.17) is 18.7 Å². The lowest BCUT2D eigenvalue weighted by Crippen LogP contribution is -2.33. The summed E-state index contributed by atoms with van der Waals surface area (Å²) in [6, 6.07) is 17.6. The Balaban J connectivity index is 1.77. The van der Waals surface area contributed by atoms with Crippen molar-refractivity contribution >= 4 is 13.5 Å². The van der Waals surface area contributed by atoms with Crippen LogP contribution in [0.3, 0.4) is 0 Å². The van der Waals surface area contributed by atoms with Crippen LogP contribution in [0.2, 0.25) is 0 Å². The maximum Gasteiger partial charge on any atom is 0.407 e. The maximum absolute atomic E-state index is 13.4. The third kappa shape index (κ3) is 13.1. The van der Waals surface area contributed by atoms with E-state index in [1.54, 1.807) is 0 Å². The van der Waals surface area contributed by atoms with Gasteiger partial charge in [0.2, 0.25) is 7.37 Å². The summed E-state index contributed by atoms with van der Waals surface area (Å²) >= 11 is 0. The van der Waals surface area contributed by atoms with Crippen LogP contribution in [0.25, 0.3) is 0 Å². The molecule has 0 heterocycles. The normalized spacial score (nSPS) is 13.1. The largest absolute Gasteiger partial charge is 0.484 e. The highest BCUT2D eigenvalue weighted by Crippen LogP contribution is 2.47. The highest BCUT2D eigenvalue weighted by atomic mass is 31.2. The van der Waals surface area contributed by atoms with Crippen LogP contribution in [0.1, 0.15) is 58.1 Å². The lowest BCUT2D eigenvalue weighted by Gasteiger charge is -2.20. The van der Waals surface area contributed by atoms with Crippen LogP contribution in [0.5, 0.6) is 5.75 Å². The van der Waals surface area contributed by atoms with Crippen LogP contribution in [-0.2, 0) is 31.6 Å². The minimum atomic E-state index is -2.95. The van der Waals surface area contributed by atoms with Gasteiger partial charge in [0.05, 0.1) is 13.2 Å². The van der Waals surface area contributed by atoms with Crippen molar-refractivity contribution in [2.45, 2.75) is 65.6 Å². The molecule has 7 nitrogen and oxygen atoms in total. The van der Waals surface area contributed by atoms with Gasteiger partial charge in [-0.25, -0.2) is 4.79 Å².